The van der Waals surface area contributed by atoms with E-state index in [1.54, 1.807) is 4.90 Å². The number of carbonyl (C=O) groups is 2. The molecule has 0 spiro atoms. The maximum atomic E-state index is 13.8. The first-order valence-electron chi connectivity index (χ1n) is 15.2. The van der Waals surface area contributed by atoms with Crippen LogP contribution < -0.4 is 19.9 Å². The molecular formula is C34H41N5O3S. The Morgan fingerprint density at radius 3 is 2.28 bits per heavy atom. The van der Waals surface area contributed by atoms with Crippen molar-refractivity contribution in [1.29, 1.82) is 0 Å². The van der Waals surface area contributed by atoms with Gasteiger partial charge in [-0.1, -0.05) is 42.8 Å². The quantitative estimate of drug-likeness (QED) is 0.283. The van der Waals surface area contributed by atoms with E-state index in [-0.39, 0.29) is 18.2 Å². The standard InChI is InChI=1S/C34H41N5O3S/c1-3-24-42-30-16-12-27(13-17-30)35-32(40)25-31-33(41)39(29-14-10-26(2)11-15-29)34(43)38(31)19-7-18-36-20-22-37(23-21-36)28-8-5-4-6-9-28/h4-6,8-17,31H,3,7,18-25H2,1-2H3,(H,35,40)/t31-/m1/s1. The molecule has 0 unspecified atom stereocenters. The first-order chi connectivity index (χ1) is 20.9. The molecule has 2 heterocycles. The lowest BCUT2D eigenvalue weighted by Crippen LogP contribution is -2.47. The van der Waals surface area contributed by atoms with Crippen LogP contribution in [0.1, 0.15) is 31.7 Å². The molecule has 2 saturated heterocycles. The van der Waals surface area contributed by atoms with Gasteiger partial charge in [-0.15, -0.1) is 0 Å². The van der Waals surface area contributed by atoms with Crippen LogP contribution in [-0.4, -0.2) is 78.6 Å². The summed E-state index contributed by atoms with van der Waals surface area (Å²) in [5, 5.41) is 3.40. The van der Waals surface area contributed by atoms with E-state index in [1.807, 2.05) is 66.4 Å². The Bertz CT molecular complexity index is 1380. The van der Waals surface area contributed by atoms with Gasteiger partial charge < -0.3 is 19.9 Å². The molecule has 2 amide bonds. The maximum absolute atomic E-state index is 13.8. The Labute approximate surface area is 260 Å². The molecule has 43 heavy (non-hydrogen) atoms. The van der Waals surface area contributed by atoms with E-state index in [2.05, 4.69) is 46.3 Å². The molecule has 2 fully saturated rings. The second kappa shape index (κ2) is 14.5. The van der Waals surface area contributed by atoms with Crippen LogP contribution in [0, 0.1) is 6.92 Å². The van der Waals surface area contributed by atoms with E-state index in [4.69, 9.17) is 17.0 Å². The molecule has 3 aromatic rings. The molecule has 3 aromatic carbocycles. The second-order valence-electron chi connectivity index (χ2n) is 11.1. The third-order valence-electron chi connectivity index (χ3n) is 7.97. The molecule has 0 aromatic heterocycles. The highest BCUT2D eigenvalue weighted by Crippen LogP contribution is 2.28. The lowest BCUT2D eigenvalue weighted by molar-refractivity contribution is -0.124. The van der Waals surface area contributed by atoms with E-state index in [9.17, 15) is 9.59 Å². The van der Waals surface area contributed by atoms with Crippen LogP contribution in [0.5, 0.6) is 5.75 Å². The van der Waals surface area contributed by atoms with Gasteiger partial charge in [-0.2, -0.15) is 0 Å². The minimum Gasteiger partial charge on any atom is -0.494 e. The number of nitrogens with zero attached hydrogens (tertiary/aromatic N) is 4. The number of anilines is 3. The molecule has 0 radical (unpaired) electrons. The smallest absolute Gasteiger partial charge is 0.256 e. The molecule has 226 valence electrons. The van der Waals surface area contributed by atoms with Crippen LogP contribution in [-0.2, 0) is 9.59 Å². The zero-order valence-electron chi connectivity index (χ0n) is 25.1. The summed E-state index contributed by atoms with van der Waals surface area (Å²) in [4.78, 5) is 35.4. The van der Waals surface area contributed by atoms with Crippen molar-refractivity contribution >= 4 is 46.2 Å². The third kappa shape index (κ3) is 7.72. The van der Waals surface area contributed by atoms with Gasteiger partial charge in [0.25, 0.3) is 5.91 Å². The number of piperazine rings is 1. The number of para-hydroxylation sites is 1. The molecule has 8 nitrogen and oxygen atoms in total. The minimum absolute atomic E-state index is 0.0190. The summed E-state index contributed by atoms with van der Waals surface area (Å²) in [6.45, 7) is 10.2. The zero-order chi connectivity index (χ0) is 30.2. The van der Waals surface area contributed by atoms with Gasteiger partial charge in [0.1, 0.15) is 11.8 Å². The second-order valence-corrected chi connectivity index (χ2v) is 11.5. The number of aryl methyl sites for hydroxylation is 1. The van der Waals surface area contributed by atoms with E-state index >= 15 is 0 Å². The number of thiocarbonyl (C=S) groups is 1. The monoisotopic (exact) mass is 599 g/mol. The predicted molar refractivity (Wildman–Crippen MR) is 177 cm³/mol. The summed E-state index contributed by atoms with van der Waals surface area (Å²) >= 11 is 5.87. The van der Waals surface area contributed by atoms with Crippen molar-refractivity contribution in [1.82, 2.24) is 9.80 Å². The molecule has 2 aliphatic rings. The lowest BCUT2D eigenvalue weighted by atomic mass is 10.1. The molecule has 2 aliphatic heterocycles. The first-order valence-corrected chi connectivity index (χ1v) is 15.6. The van der Waals surface area contributed by atoms with Crippen LogP contribution >= 0.6 is 12.2 Å². The van der Waals surface area contributed by atoms with E-state index in [1.165, 1.54) is 5.69 Å². The van der Waals surface area contributed by atoms with Crippen LogP contribution in [0.3, 0.4) is 0 Å². The number of carbonyl (C=O) groups excluding carboxylic acids is 2. The van der Waals surface area contributed by atoms with Crippen LogP contribution in [0.15, 0.2) is 78.9 Å². The highest BCUT2D eigenvalue weighted by molar-refractivity contribution is 7.80. The van der Waals surface area contributed by atoms with Gasteiger partial charge in [-0.3, -0.25) is 19.4 Å². The fraction of sp³-hybridized carbons (Fsp3) is 0.382. The van der Waals surface area contributed by atoms with Gasteiger partial charge in [0.05, 0.1) is 18.7 Å². The Morgan fingerprint density at radius 1 is 0.907 bits per heavy atom. The fourth-order valence-electron chi connectivity index (χ4n) is 5.59. The largest absolute Gasteiger partial charge is 0.494 e. The van der Waals surface area contributed by atoms with Gasteiger partial charge in [0.2, 0.25) is 5.91 Å². The summed E-state index contributed by atoms with van der Waals surface area (Å²) < 4.78 is 5.64. The summed E-state index contributed by atoms with van der Waals surface area (Å²) in [6, 6.07) is 25.0. The number of nitrogens with one attached hydrogen (secondary N) is 1. The topological polar surface area (TPSA) is 68.4 Å². The van der Waals surface area contributed by atoms with Crippen molar-refractivity contribution in [2.24, 2.45) is 0 Å². The van der Waals surface area contributed by atoms with E-state index in [0.717, 1.165) is 62.6 Å². The normalized spacial score (nSPS) is 17.4. The maximum Gasteiger partial charge on any atom is 0.256 e. The molecule has 0 aliphatic carbocycles. The van der Waals surface area contributed by atoms with E-state index in [0.29, 0.717) is 24.0 Å². The van der Waals surface area contributed by atoms with Crippen molar-refractivity contribution in [3.63, 3.8) is 0 Å². The van der Waals surface area contributed by atoms with Crippen LogP contribution in [0.2, 0.25) is 0 Å². The molecule has 1 N–H and O–H groups in total. The lowest BCUT2D eigenvalue weighted by Gasteiger charge is -2.36. The summed E-state index contributed by atoms with van der Waals surface area (Å²) in [6.07, 6.45) is 1.79. The number of ether oxygens (including phenoxy) is 1. The number of hydrogen-bond acceptors (Lipinski definition) is 6. The Morgan fingerprint density at radius 2 is 1.60 bits per heavy atom. The Hall–Kier alpha value is -3.95. The summed E-state index contributed by atoms with van der Waals surface area (Å²) in [5.74, 6) is 0.373. The highest BCUT2D eigenvalue weighted by atomic mass is 32.1. The first kappa shape index (κ1) is 30.5. The van der Waals surface area contributed by atoms with Crippen molar-refractivity contribution in [3.05, 3.63) is 84.4 Å². The number of amides is 2. The van der Waals surface area contributed by atoms with Crippen molar-refractivity contribution < 1.29 is 14.3 Å². The number of benzene rings is 3. The van der Waals surface area contributed by atoms with Gasteiger partial charge in [-0.25, -0.2) is 0 Å². The molecule has 0 saturated carbocycles. The molecule has 0 bridgehead atoms. The van der Waals surface area contributed by atoms with Gasteiger partial charge in [0, 0.05) is 44.1 Å². The van der Waals surface area contributed by atoms with Gasteiger partial charge in [-0.05, 0) is 87.1 Å². The molecule has 5 rings (SSSR count). The molecular weight excluding hydrogens is 558 g/mol. The minimum atomic E-state index is -0.657. The molecule has 9 heteroatoms. The summed E-state index contributed by atoms with van der Waals surface area (Å²) in [5.41, 5.74) is 3.76. The van der Waals surface area contributed by atoms with Gasteiger partial charge >= 0.3 is 0 Å². The Kier molecular flexibility index (Phi) is 10.3. The SMILES string of the molecule is CCCOc1ccc(NC(=O)C[C@@H]2C(=O)N(c3ccc(C)cc3)C(=S)N2CCCN2CCN(c3ccccc3)CC2)cc1. The average molecular weight is 600 g/mol. The summed E-state index contributed by atoms with van der Waals surface area (Å²) in [7, 11) is 0. The molecule has 1 atom stereocenters. The predicted octanol–water partition coefficient (Wildman–Crippen LogP) is 5.33. The van der Waals surface area contributed by atoms with Crippen molar-refractivity contribution in [2.75, 3.05) is 61.0 Å². The van der Waals surface area contributed by atoms with Crippen molar-refractivity contribution in [3.8, 4) is 5.75 Å². The number of rotatable bonds is 12. The third-order valence-corrected chi connectivity index (χ3v) is 8.38. The van der Waals surface area contributed by atoms with Crippen LogP contribution in [0.4, 0.5) is 17.1 Å². The average Bonchev–Trinajstić information content (AvgIpc) is 3.25. The fourth-order valence-corrected chi connectivity index (χ4v) is 6.01. The number of hydrogen-bond donors (Lipinski definition) is 1. The van der Waals surface area contributed by atoms with Crippen molar-refractivity contribution in [2.45, 2.75) is 39.2 Å². The van der Waals surface area contributed by atoms with Crippen LogP contribution in [0.25, 0.3) is 0 Å². The highest BCUT2D eigenvalue weighted by Gasteiger charge is 2.43. The van der Waals surface area contributed by atoms with E-state index < -0.39 is 6.04 Å². The van der Waals surface area contributed by atoms with Gasteiger partial charge in [0.15, 0.2) is 5.11 Å². The zero-order valence-corrected chi connectivity index (χ0v) is 25.9. The Balaban J connectivity index is 1.21.